The second kappa shape index (κ2) is 7.05. The summed E-state index contributed by atoms with van der Waals surface area (Å²) in [4.78, 5) is 12.1. The maximum atomic E-state index is 12.1. The molecule has 1 fully saturated rings. The zero-order chi connectivity index (χ0) is 13.7. The van der Waals surface area contributed by atoms with E-state index in [1.165, 1.54) is 12.8 Å². The molecule has 0 spiro atoms. The Kier molecular flexibility index (Phi) is 5.39. The smallest absolute Gasteiger partial charge is 0.283 e. The SMILES string of the molecule is O=c1c(Br)c(NCCCCCO)cnn1CC1CC1. The highest BCUT2D eigenvalue weighted by Crippen LogP contribution is 2.30. The standard InChI is InChI=1S/C13H20BrN3O2/c14-12-11(15-6-2-1-3-7-18)8-16-17(13(12)19)9-10-4-5-10/h8,10,15,18H,1-7,9H2. The Hall–Kier alpha value is -0.880. The van der Waals surface area contributed by atoms with E-state index in [0.717, 1.165) is 38.0 Å². The Morgan fingerprint density at radius 1 is 1.42 bits per heavy atom. The highest BCUT2D eigenvalue weighted by Gasteiger charge is 2.23. The van der Waals surface area contributed by atoms with Crippen molar-refractivity contribution in [2.45, 2.75) is 38.6 Å². The van der Waals surface area contributed by atoms with E-state index < -0.39 is 0 Å². The summed E-state index contributed by atoms with van der Waals surface area (Å²) in [5.41, 5.74) is 0.688. The predicted molar refractivity (Wildman–Crippen MR) is 78.3 cm³/mol. The molecule has 5 nitrogen and oxygen atoms in total. The van der Waals surface area contributed by atoms with Crippen LogP contribution in [0.25, 0.3) is 0 Å². The van der Waals surface area contributed by atoms with Crippen molar-refractivity contribution < 1.29 is 5.11 Å². The van der Waals surface area contributed by atoms with Crippen LogP contribution in [0.3, 0.4) is 0 Å². The molecule has 1 saturated carbocycles. The van der Waals surface area contributed by atoms with Crippen molar-refractivity contribution in [2.24, 2.45) is 5.92 Å². The number of unbranched alkanes of at least 4 members (excludes halogenated alkanes) is 2. The summed E-state index contributed by atoms with van der Waals surface area (Å²) >= 11 is 3.35. The average molecular weight is 330 g/mol. The van der Waals surface area contributed by atoms with E-state index in [1.807, 2.05) is 0 Å². The molecule has 0 bridgehead atoms. The summed E-state index contributed by atoms with van der Waals surface area (Å²) < 4.78 is 2.10. The normalized spacial score (nSPS) is 14.6. The van der Waals surface area contributed by atoms with Crippen LogP contribution in [0.4, 0.5) is 5.69 Å². The molecule has 1 aromatic rings. The summed E-state index contributed by atoms with van der Waals surface area (Å²) in [6.45, 7) is 1.75. The van der Waals surface area contributed by atoms with Gasteiger partial charge in [-0.05, 0) is 54.0 Å². The monoisotopic (exact) mass is 329 g/mol. The van der Waals surface area contributed by atoms with Crippen LogP contribution in [0.5, 0.6) is 0 Å². The number of nitrogens with zero attached hydrogens (tertiary/aromatic N) is 2. The van der Waals surface area contributed by atoms with Gasteiger partial charge in [0.25, 0.3) is 5.56 Å². The molecule has 106 valence electrons. The second-order valence-corrected chi connectivity index (χ2v) is 5.81. The Bertz CT molecular complexity index is 471. The van der Waals surface area contributed by atoms with Crippen LogP contribution in [0, 0.1) is 5.92 Å². The van der Waals surface area contributed by atoms with Crippen molar-refractivity contribution in [1.29, 1.82) is 0 Å². The fraction of sp³-hybridized carbons (Fsp3) is 0.692. The average Bonchev–Trinajstić information content (AvgIpc) is 3.21. The van der Waals surface area contributed by atoms with Crippen LogP contribution in [0.1, 0.15) is 32.1 Å². The van der Waals surface area contributed by atoms with Gasteiger partial charge in [0.1, 0.15) is 4.47 Å². The van der Waals surface area contributed by atoms with Gasteiger partial charge in [-0.2, -0.15) is 5.10 Å². The molecule has 0 amide bonds. The van der Waals surface area contributed by atoms with E-state index in [1.54, 1.807) is 10.9 Å². The quantitative estimate of drug-likeness (QED) is 0.716. The minimum absolute atomic E-state index is 0.0627. The van der Waals surface area contributed by atoms with E-state index >= 15 is 0 Å². The molecule has 0 saturated heterocycles. The minimum Gasteiger partial charge on any atom is -0.396 e. The van der Waals surface area contributed by atoms with Gasteiger partial charge in [0.05, 0.1) is 11.9 Å². The highest BCUT2D eigenvalue weighted by atomic mass is 79.9. The van der Waals surface area contributed by atoms with Crippen molar-refractivity contribution in [3.8, 4) is 0 Å². The van der Waals surface area contributed by atoms with Gasteiger partial charge in [-0.1, -0.05) is 0 Å². The second-order valence-electron chi connectivity index (χ2n) is 5.01. The van der Waals surface area contributed by atoms with Gasteiger partial charge < -0.3 is 10.4 Å². The van der Waals surface area contributed by atoms with Crippen molar-refractivity contribution in [1.82, 2.24) is 9.78 Å². The number of aliphatic hydroxyl groups is 1. The molecule has 0 radical (unpaired) electrons. The molecule has 6 heteroatoms. The third kappa shape index (κ3) is 4.31. The molecular weight excluding hydrogens is 310 g/mol. The Morgan fingerprint density at radius 3 is 2.89 bits per heavy atom. The lowest BCUT2D eigenvalue weighted by molar-refractivity contribution is 0.283. The zero-order valence-electron chi connectivity index (χ0n) is 10.9. The topological polar surface area (TPSA) is 67.2 Å². The summed E-state index contributed by atoms with van der Waals surface area (Å²) in [5, 5.41) is 16.1. The van der Waals surface area contributed by atoms with Gasteiger partial charge in [-0.3, -0.25) is 4.79 Å². The molecule has 19 heavy (non-hydrogen) atoms. The number of hydrogen-bond acceptors (Lipinski definition) is 4. The largest absolute Gasteiger partial charge is 0.396 e. The fourth-order valence-electron chi connectivity index (χ4n) is 1.90. The van der Waals surface area contributed by atoms with Gasteiger partial charge in [0, 0.05) is 19.7 Å². The molecule has 1 aliphatic rings. The molecule has 2 N–H and O–H groups in total. The summed E-state index contributed by atoms with van der Waals surface area (Å²) in [6.07, 6.45) is 6.89. The van der Waals surface area contributed by atoms with Gasteiger partial charge in [-0.15, -0.1) is 0 Å². The molecule has 0 unspecified atom stereocenters. The Labute approximate surface area is 121 Å². The van der Waals surface area contributed by atoms with Gasteiger partial charge >= 0.3 is 0 Å². The van der Waals surface area contributed by atoms with Crippen LogP contribution >= 0.6 is 15.9 Å². The lowest BCUT2D eigenvalue weighted by atomic mass is 10.2. The number of rotatable bonds is 8. The van der Waals surface area contributed by atoms with Crippen LogP contribution in [-0.4, -0.2) is 28.0 Å². The predicted octanol–water partition coefficient (Wildman–Crippen LogP) is 1.99. The van der Waals surface area contributed by atoms with E-state index in [-0.39, 0.29) is 12.2 Å². The molecule has 1 aromatic heterocycles. The molecule has 0 aliphatic heterocycles. The molecule has 0 aromatic carbocycles. The lowest BCUT2D eigenvalue weighted by Crippen LogP contribution is -2.25. The first kappa shape index (κ1) is 14.5. The number of hydrogen-bond donors (Lipinski definition) is 2. The number of halogens is 1. The first-order valence-corrected chi connectivity index (χ1v) is 7.62. The first-order chi connectivity index (χ1) is 9.22. The van der Waals surface area contributed by atoms with Crippen LogP contribution < -0.4 is 10.9 Å². The maximum absolute atomic E-state index is 12.1. The van der Waals surface area contributed by atoms with E-state index in [0.29, 0.717) is 10.4 Å². The fourth-order valence-corrected chi connectivity index (χ4v) is 2.35. The van der Waals surface area contributed by atoms with Crippen molar-refractivity contribution >= 4 is 21.6 Å². The maximum Gasteiger partial charge on any atom is 0.283 e. The van der Waals surface area contributed by atoms with Crippen molar-refractivity contribution in [3.63, 3.8) is 0 Å². The van der Waals surface area contributed by atoms with Crippen LogP contribution in [0.2, 0.25) is 0 Å². The summed E-state index contributed by atoms with van der Waals surface area (Å²) in [5.74, 6) is 0.634. The first-order valence-electron chi connectivity index (χ1n) is 6.82. The third-order valence-electron chi connectivity index (χ3n) is 3.26. The number of nitrogens with one attached hydrogen (secondary N) is 1. The molecule has 1 aliphatic carbocycles. The lowest BCUT2D eigenvalue weighted by Gasteiger charge is -2.10. The molecule has 2 rings (SSSR count). The molecule has 0 atom stereocenters. The minimum atomic E-state index is -0.0627. The van der Waals surface area contributed by atoms with Gasteiger partial charge in [0.2, 0.25) is 0 Å². The van der Waals surface area contributed by atoms with E-state index in [9.17, 15) is 4.79 Å². The third-order valence-corrected chi connectivity index (χ3v) is 4.03. The van der Waals surface area contributed by atoms with Gasteiger partial charge in [-0.25, -0.2) is 4.68 Å². The number of aliphatic hydroxyl groups excluding tert-OH is 1. The molecular formula is C13H20BrN3O2. The van der Waals surface area contributed by atoms with Gasteiger partial charge in [0.15, 0.2) is 0 Å². The zero-order valence-corrected chi connectivity index (χ0v) is 12.5. The van der Waals surface area contributed by atoms with Crippen LogP contribution in [0.15, 0.2) is 15.5 Å². The van der Waals surface area contributed by atoms with Crippen molar-refractivity contribution in [2.75, 3.05) is 18.5 Å². The highest BCUT2D eigenvalue weighted by molar-refractivity contribution is 9.10. The van der Waals surface area contributed by atoms with Crippen molar-refractivity contribution in [3.05, 3.63) is 21.0 Å². The van der Waals surface area contributed by atoms with E-state index in [4.69, 9.17) is 5.11 Å². The van der Waals surface area contributed by atoms with Crippen LogP contribution in [-0.2, 0) is 6.54 Å². The number of aromatic nitrogens is 2. The summed E-state index contributed by atoms with van der Waals surface area (Å²) in [6, 6.07) is 0. The Balaban J connectivity index is 1.90. The Morgan fingerprint density at radius 2 is 2.21 bits per heavy atom. The number of anilines is 1. The van der Waals surface area contributed by atoms with E-state index in [2.05, 4.69) is 26.3 Å². The molecule has 1 heterocycles. The summed E-state index contributed by atoms with van der Waals surface area (Å²) in [7, 11) is 0.